The van der Waals surface area contributed by atoms with Crippen molar-refractivity contribution in [2.24, 2.45) is 11.1 Å². The molecule has 1 aromatic rings. The molecule has 1 aliphatic rings. The summed E-state index contributed by atoms with van der Waals surface area (Å²) in [5.74, 6) is 0. The standard InChI is InChI=1S/C15H25N3/c1-15(2,12-18-10-8-17-9-11-18)14(16)13-6-4-3-5-7-13/h3-7,14,17H,8-12,16H2,1-2H3. The first-order valence-corrected chi connectivity index (χ1v) is 6.83. The number of nitrogens with two attached hydrogens (primary N) is 1. The lowest BCUT2D eigenvalue weighted by Gasteiger charge is -2.38. The van der Waals surface area contributed by atoms with E-state index in [-0.39, 0.29) is 11.5 Å². The summed E-state index contributed by atoms with van der Waals surface area (Å²) in [5, 5.41) is 3.39. The summed E-state index contributed by atoms with van der Waals surface area (Å²) in [6, 6.07) is 10.5. The fraction of sp³-hybridized carbons (Fsp3) is 0.600. The van der Waals surface area contributed by atoms with Crippen LogP contribution in [0.25, 0.3) is 0 Å². The average molecular weight is 247 g/mol. The molecule has 100 valence electrons. The molecule has 0 amide bonds. The van der Waals surface area contributed by atoms with E-state index >= 15 is 0 Å². The second kappa shape index (κ2) is 5.83. The van der Waals surface area contributed by atoms with Gasteiger partial charge < -0.3 is 16.0 Å². The van der Waals surface area contributed by atoms with Gasteiger partial charge in [-0.15, -0.1) is 0 Å². The molecule has 1 fully saturated rings. The zero-order chi connectivity index (χ0) is 13.0. The highest BCUT2D eigenvalue weighted by atomic mass is 15.2. The smallest absolute Gasteiger partial charge is 0.0359 e. The van der Waals surface area contributed by atoms with Crippen LogP contribution in [0.5, 0.6) is 0 Å². The van der Waals surface area contributed by atoms with Crippen LogP contribution in [0.2, 0.25) is 0 Å². The Kier molecular flexibility index (Phi) is 4.38. The minimum absolute atomic E-state index is 0.0913. The maximum atomic E-state index is 6.45. The predicted molar refractivity (Wildman–Crippen MR) is 76.5 cm³/mol. The summed E-state index contributed by atoms with van der Waals surface area (Å²) in [4.78, 5) is 2.51. The van der Waals surface area contributed by atoms with E-state index in [4.69, 9.17) is 5.73 Å². The van der Waals surface area contributed by atoms with Crippen molar-refractivity contribution in [2.45, 2.75) is 19.9 Å². The summed E-state index contributed by atoms with van der Waals surface area (Å²) < 4.78 is 0. The summed E-state index contributed by atoms with van der Waals surface area (Å²) in [6.07, 6.45) is 0. The summed E-state index contributed by atoms with van der Waals surface area (Å²) in [7, 11) is 0. The lowest BCUT2D eigenvalue weighted by atomic mass is 9.80. The molecule has 3 nitrogen and oxygen atoms in total. The molecule has 1 atom stereocenters. The highest BCUT2D eigenvalue weighted by molar-refractivity contribution is 5.20. The van der Waals surface area contributed by atoms with E-state index in [1.54, 1.807) is 0 Å². The van der Waals surface area contributed by atoms with Crippen molar-refractivity contribution in [1.82, 2.24) is 10.2 Å². The fourth-order valence-electron chi connectivity index (χ4n) is 2.66. The Labute approximate surface area is 110 Å². The molecule has 1 aromatic carbocycles. The van der Waals surface area contributed by atoms with E-state index in [1.165, 1.54) is 5.56 Å². The molecule has 0 bridgehead atoms. The van der Waals surface area contributed by atoms with E-state index in [9.17, 15) is 0 Å². The minimum atomic E-state index is 0.0913. The normalized spacial score (nSPS) is 19.7. The maximum Gasteiger partial charge on any atom is 0.0359 e. The Morgan fingerprint density at radius 1 is 1.22 bits per heavy atom. The quantitative estimate of drug-likeness (QED) is 0.849. The first kappa shape index (κ1) is 13.5. The monoisotopic (exact) mass is 247 g/mol. The second-order valence-electron chi connectivity index (χ2n) is 5.90. The van der Waals surface area contributed by atoms with Gasteiger partial charge in [-0.1, -0.05) is 44.2 Å². The summed E-state index contributed by atoms with van der Waals surface area (Å²) in [5.41, 5.74) is 7.78. The first-order chi connectivity index (χ1) is 8.59. The molecule has 18 heavy (non-hydrogen) atoms. The fourth-order valence-corrected chi connectivity index (χ4v) is 2.66. The highest BCUT2D eigenvalue weighted by Gasteiger charge is 2.30. The number of benzene rings is 1. The minimum Gasteiger partial charge on any atom is -0.323 e. The Bertz CT molecular complexity index is 355. The van der Waals surface area contributed by atoms with Crippen LogP contribution >= 0.6 is 0 Å². The van der Waals surface area contributed by atoms with E-state index in [0.717, 1.165) is 32.7 Å². The number of hydrogen-bond acceptors (Lipinski definition) is 3. The van der Waals surface area contributed by atoms with E-state index in [2.05, 4.69) is 48.3 Å². The maximum absolute atomic E-state index is 6.45. The molecule has 3 N–H and O–H groups in total. The van der Waals surface area contributed by atoms with Gasteiger partial charge in [0.2, 0.25) is 0 Å². The molecule has 3 heteroatoms. The third kappa shape index (κ3) is 3.31. The summed E-state index contributed by atoms with van der Waals surface area (Å²) in [6.45, 7) is 10.0. The van der Waals surface area contributed by atoms with Crippen molar-refractivity contribution < 1.29 is 0 Å². The van der Waals surface area contributed by atoms with Gasteiger partial charge in [-0.2, -0.15) is 0 Å². The number of rotatable bonds is 4. The van der Waals surface area contributed by atoms with Crippen LogP contribution in [0, 0.1) is 5.41 Å². The van der Waals surface area contributed by atoms with Crippen LogP contribution in [0.4, 0.5) is 0 Å². The van der Waals surface area contributed by atoms with Gasteiger partial charge in [0.1, 0.15) is 0 Å². The van der Waals surface area contributed by atoms with Crippen LogP contribution in [0.15, 0.2) is 30.3 Å². The molecule has 0 saturated carbocycles. The van der Waals surface area contributed by atoms with Crippen molar-refractivity contribution in [1.29, 1.82) is 0 Å². The average Bonchev–Trinajstić information content (AvgIpc) is 2.39. The molecule has 1 heterocycles. The van der Waals surface area contributed by atoms with Crippen LogP contribution in [-0.2, 0) is 0 Å². The molecular formula is C15H25N3. The van der Waals surface area contributed by atoms with Gasteiger partial charge in [-0.3, -0.25) is 0 Å². The number of hydrogen-bond donors (Lipinski definition) is 2. The lowest BCUT2D eigenvalue weighted by Crippen LogP contribution is -2.49. The van der Waals surface area contributed by atoms with Crippen molar-refractivity contribution in [3.63, 3.8) is 0 Å². The van der Waals surface area contributed by atoms with Crippen molar-refractivity contribution in [3.05, 3.63) is 35.9 Å². The van der Waals surface area contributed by atoms with Gasteiger partial charge in [-0.25, -0.2) is 0 Å². The third-order valence-electron chi connectivity index (χ3n) is 3.84. The van der Waals surface area contributed by atoms with Crippen molar-refractivity contribution >= 4 is 0 Å². The zero-order valence-electron chi connectivity index (χ0n) is 11.5. The largest absolute Gasteiger partial charge is 0.323 e. The first-order valence-electron chi connectivity index (χ1n) is 6.83. The molecule has 2 rings (SSSR count). The van der Waals surface area contributed by atoms with Gasteiger partial charge in [0, 0.05) is 38.8 Å². The topological polar surface area (TPSA) is 41.3 Å². The van der Waals surface area contributed by atoms with Crippen molar-refractivity contribution in [2.75, 3.05) is 32.7 Å². The lowest BCUT2D eigenvalue weighted by molar-refractivity contribution is 0.139. The van der Waals surface area contributed by atoms with E-state index in [1.807, 2.05) is 6.07 Å². The second-order valence-corrected chi connectivity index (χ2v) is 5.90. The van der Waals surface area contributed by atoms with Gasteiger partial charge in [-0.05, 0) is 11.0 Å². The van der Waals surface area contributed by atoms with Crippen LogP contribution in [0.3, 0.4) is 0 Å². The van der Waals surface area contributed by atoms with Crippen molar-refractivity contribution in [3.8, 4) is 0 Å². The third-order valence-corrected chi connectivity index (χ3v) is 3.84. The van der Waals surface area contributed by atoms with Gasteiger partial charge >= 0.3 is 0 Å². The van der Waals surface area contributed by atoms with E-state index < -0.39 is 0 Å². The molecular weight excluding hydrogens is 222 g/mol. The Hall–Kier alpha value is -0.900. The summed E-state index contributed by atoms with van der Waals surface area (Å²) >= 11 is 0. The number of nitrogens with one attached hydrogen (secondary N) is 1. The Balaban J connectivity index is 2.00. The van der Waals surface area contributed by atoms with Crippen LogP contribution in [0.1, 0.15) is 25.5 Å². The van der Waals surface area contributed by atoms with Gasteiger partial charge in [0.05, 0.1) is 0 Å². The molecule has 1 unspecified atom stereocenters. The Morgan fingerprint density at radius 3 is 2.44 bits per heavy atom. The number of piperazine rings is 1. The molecule has 1 saturated heterocycles. The molecule has 0 aromatic heterocycles. The Morgan fingerprint density at radius 2 is 1.83 bits per heavy atom. The van der Waals surface area contributed by atoms with Crippen LogP contribution < -0.4 is 11.1 Å². The predicted octanol–water partition coefficient (Wildman–Crippen LogP) is 1.62. The highest BCUT2D eigenvalue weighted by Crippen LogP contribution is 2.32. The molecule has 1 aliphatic heterocycles. The molecule has 0 aliphatic carbocycles. The zero-order valence-corrected chi connectivity index (χ0v) is 11.5. The SMILES string of the molecule is CC(C)(CN1CCNCC1)C(N)c1ccccc1. The molecule has 0 radical (unpaired) electrons. The molecule has 0 spiro atoms. The van der Waals surface area contributed by atoms with Gasteiger partial charge in [0.15, 0.2) is 0 Å². The van der Waals surface area contributed by atoms with E-state index in [0.29, 0.717) is 0 Å². The number of nitrogens with zero attached hydrogens (tertiary/aromatic N) is 1. The van der Waals surface area contributed by atoms with Crippen LogP contribution in [-0.4, -0.2) is 37.6 Å². The van der Waals surface area contributed by atoms with Gasteiger partial charge in [0.25, 0.3) is 0 Å².